The first-order valence-corrected chi connectivity index (χ1v) is 8.99. The molecule has 4 rings (SSSR count). The molecule has 0 saturated heterocycles. The molecule has 2 heterocycles. The highest BCUT2D eigenvalue weighted by molar-refractivity contribution is 6.03. The smallest absolute Gasteiger partial charge is 0.281 e. The highest BCUT2D eigenvalue weighted by Gasteiger charge is 2.35. The molecule has 0 unspecified atom stereocenters. The number of hydrogen-bond acceptors (Lipinski definition) is 4. The Balaban J connectivity index is 1.56. The van der Waals surface area contributed by atoms with Gasteiger partial charge in [0.2, 0.25) is 0 Å². The van der Waals surface area contributed by atoms with Gasteiger partial charge in [0.25, 0.3) is 5.91 Å². The van der Waals surface area contributed by atoms with E-state index in [1.54, 1.807) is 24.5 Å². The maximum absolute atomic E-state index is 13.7. The predicted molar refractivity (Wildman–Crippen MR) is 103 cm³/mol. The number of ether oxygens (including phenoxy) is 1. The lowest BCUT2D eigenvalue weighted by molar-refractivity contribution is -0.135. The minimum absolute atomic E-state index is 0.0346. The number of amides is 1. The number of benzene rings is 2. The number of rotatable bonds is 5. The lowest BCUT2D eigenvalue weighted by Gasteiger charge is -2.20. The van der Waals surface area contributed by atoms with Crippen LogP contribution >= 0.6 is 0 Å². The Labute approximate surface area is 162 Å². The Morgan fingerprint density at radius 1 is 1.18 bits per heavy atom. The number of aryl methyl sites for hydroxylation is 1. The Morgan fingerprint density at radius 2 is 1.96 bits per heavy atom. The molecule has 1 atom stereocenters. The van der Waals surface area contributed by atoms with E-state index in [0.29, 0.717) is 12.2 Å². The quantitative estimate of drug-likeness (QED) is 0.658. The minimum Gasteiger partial charge on any atom is -0.481 e. The summed E-state index contributed by atoms with van der Waals surface area (Å²) >= 11 is 0. The Kier molecular flexibility index (Phi) is 4.93. The molecule has 0 bridgehead atoms. The maximum Gasteiger partial charge on any atom is 0.281 e. The van der Waals surface area contributed by atoms with Gasteiger partial charge in [-0.1, -0.05) is 42.0 Å². The van der Waals surface area contributed by atoms with Crippen LogP contribution in [0.2, 0.25) is 0 Å². The van der Waals surface area contributed by atoms with Gasteiger partial charge in [-0.05, 0) is 36.8 Å². The van der Waals surface area contributed by atoms with Crippen molar-refractivity contribution in [3.63, 3.8) is 0 Å². The number of hydrogen-bond donors (Lipinski definition) is 0. The number of nitrogens with zero attached hydrogens (tertiary/aromatic N) is 2. The van der Waals surface area contributed by atoms with Crippen molar-refractivity contribution in [1.82, 2.24) is 5.01 Å². The summed E-state index contributed by atoms with van der Waals surface area (Å²) in [6, 6.07) is 17.2. The van der Waals surface area contributed by atoms with Crippen molar-refractivity contribution in [3.8, 4) is 5.75 Å². The van der Waals surface area contributed by atoms with Crippen LogP contribution in [0.25, 0.3) is 0 Å². The van der Waals surface area contributed by atoms with E-state index in [2.05, 4.69) is 5.10 Å². The molecule has 0 fully saturated rings. The molecule has 0 saturated carbocycles. The van der Waals surface area contributed by atoms with Crippen LogP contribution in [0.1, 0.15) is 29.3 Å². The molecule has 6 heteroatoms. The van der Waals surface area contributed by atoms with E-state index in [1.807, 2.05) is 37.3 Å². The third-order valence-electron chi connectivity index (χ3n) is 4.61. The number of halogens is 1. The summed E-state index contributed by atoms with van der Waals surface area (Å²) in [5.74, 6) is -0.202. The monoisotopic (exact) mass is 378 g/mol. The van der Waals surface area contributed by atoms with Crippen molar-refractivity contribution >= 4 is 11.6 Å². The van der Waals surface area contributed by atoms with Crippen LogP contribution in [-0.2, 0) is 4.79 Å². The van der Waals surface area contributed by atoms with E-state index < -0.39 is 5.82 Å². The average Bonchev–Trinajstić information content (AvgIpc) is 3.37. The van der Waals surface area contributed by atoms with Gasteiger partial charge < -0.3 is 9.15 Å². The summed E-state index contributed by atoms with van der Waals surface area (Å²) in [6.45, 7) is 1.70. The molecule has 2 aromatic carbocycles. The fourth-order valence-corrected chi connectivity index (χ4v) is 3.13. The largest absolute Gasteiger partial charge is 0.481 e. The highest BCUT2D eigenvalue weighted by Crippen LogP contribution is 2.33. The van der Waals surface area contributed by atoms with Crippen LogP contribution in [0.5, 0.6) is 5.75 Å². The van der Waals surface area contributed by atoms with Gasteiger partial charge in [-0.15, -0.1) is 0 Å². The summed E-state index contributed by atoms with van der Waals surface area (Å²) < 4.78 is 24.6. The van der Waals surface area contributed by atoms with E-state index >= 15 is 0 Å². The van der Waals surface area contributed by atoms with Crippen LogP contribution < -0.4 is 4.74 Å². The van der Waals surface area contributed by atoms with E-state index in [4.69, 9.17) is 9.15 Å². The van der Waals surface area contributed by atoms with E-state index in [1.165, 1.54) is 17.1 Å². The first-order chi connectivity index (χ1) is 13.6. The van der Waals surface area contributed by atoms with Crippen molar-refractivity contribution in [2.24, 2.45) is 5.10 Å². The lowest BCUT2D eigenvalue weighted by Crippen LogP contribution is -2.31. The van der Waals surface area contributed by atoms with Crippen molar-refractivity contribution in [3.05, 3.63) is 89.6 Å². The van der Waals surface area contributed by atoms with Crippen LogP contribution in [0.3, 0.4) is 0 Å². The minimum atomic E-state index is -0.511. The zero-order valence-corrected chi connectivity index (χ0v) is 15.3. The van der Waals surface area contributed by atoms with E-state index in [-0.39, 0.29) is 24.3 Å². The molecule has 1 aromatic heterocycles. The highest BCUT2D eigenvalue weighted by atomic mass is 19.1. The molecule has 142 valence electrons. The number of carbonyl (C=O) groups excluding carboxylic acids is 1. The van der Waals surface area contributed by atoms with Crippen LogP contribution in [0, 0.1) is 12.7 Å². The van der Waals surface area contributed by atoms with Crippen molar-refractivity contribution in [2.75, 3.05) is 6.61 Å². The second-order valence-electron chi connectivity index (χ2n) is 6.61. The molecule has 0 radical (unpaired) electrons. The van der Waals surface area contributed by atoms with Crippen LogP contribution in [0.15, 0.2) is 76.4 Å². The van der Waals surface area contributed by atoms with Gasteiger partial charge in [0.15, 0.2) is 18.2 Å². The standard InChI is InChI=1S/C22H19FN2O3/c1-15-8-10-16(11-9-15)18-13-19(21-7-4-12-27-21)25(24-18)22(26)14-28-20-6-3-2-5-17(20)23/h2-12,19H,13-14H2,1H3/t19-/m1/s1. The average molecular weight is 378 g/mol. The summed E-state index contributed by atoms with van der Waals surface area (Å²) in [4.78, 5) is 12.8. The first kappa shape index (κ1) is 18.0. The summed E-state index contributed by atoms with van der Waals surface area (Å²) in [7, 11) is 0. The van der Waals surface area contributed by atoms with Gasteiger partial charge in [0.1, 0.15) is 11.8 Å². The zero-order valence-electron chi connectivity index (χ0n) is 15.3. The second-order valence-corrected chi connectivity index (χ2v) is 6.61. The van der Waals surface area contributed by atoms with Gasteiger partial charge in [-0.2, -0.15) is 5.10 Å². The molecule has 5 nitrogen and oxygen atoms in total. The van der Waals surface area contributed by atoms with Crippen molar-refractivity contribution < 1.29 is 18.3 Å². The normalized spacial score (nSPS) is 16.1. The molecule has 1 aliphatic rings. The fourth-order valence-electron chi connectivity index (χ4n) is 3.13. The molecule has 0 spiro atoms. The summed E-state index contributed by atoms with van der Waals surface area (Å²) in [5, 5.41) is 5.90. The molecular weight excluding hydrogens is 359 g/mol. The Hall–Kier alpha value is -3.41. The first-order valence-electron chi connectivity index (χ1n) is 8.99. The number of hydrazone groups is 1. The number of furan rings is 1. The predicted octanol–water partition coefficient (Wildman–Crippen LogP) is 4.48. The molecule has 0 N–H and O–H groups in total. The molecule has 3 aromatic rings. The van der Waals surface area contributed by atoms with E-state index in [0.717, 1.165) is 16.8 Å². The molecular formula is C22H19FN2O3. The maximum atomic E-state index is 13.7. The zero-order chi connectivity index (χ0) is 19.5. The molecule has 28 heavy (non-hydrogen) atoms. The van der Waals surface area contributed by atoms with Crippen LogP contribution in [-0.4, -0.2) is 23.2 Å². The van der Waals surface area contributed by atoms with E-state index in [9.17, 15) is 9.18 Å². The van der Waals surface area contributed by atoms with Gasteiger partial charge in [0, 0.05) is 6.42 Å². The second kappa shape index (κ2) is 7.68. The third-order valence-corrected chi connectivity index (χ3v) is 4.61. The number of para-hydroxylation sites is 1. The van der Waals surface area contributed by atoms with Crippen LogP contribution in [0.4, 0.5) is 4.39 Å². The fraction of sp³-hybridized carbons (Fsp3) is 0.182. The van der Waals surface area contributed by atoms with Gasteiger partial charge in [-0.25, -0.2) is 9.40 Å². The Bertz CT molecular complexity index is 997. The SMILES string of the molecule is Cc1ccc(C2=NN(C(=O)COc3ccccc3F)[C@@H](c3ccco3)C2)cc1. The van der Waals surface area contributed by atoms with Gasteiger partial charge >= 0.3 is 0 Å². The summed E-state index contributed by atoms with van der Waals surface area (Å²) in [5.41, 5.74) is 2.89. The lowest BCUT2D eigenvalue weighted by atomic mass is 10.0. The Morgan fingerprint density at radius 3 is 2.68 bits per heavy atom. The summed E-state index contributed by atoms with van der Waals surface area (Å²) in [6.07, 6.45) is 2.10. The molecule has 1 amide bonds. The van der Waals surface area contributed by atoms with Gasteiger partial charge in [0.05, 0.1) is 12.0 Å². The topological polar surface area (TPSA) is 55.0 Å². The number of carbonyl (C=O) groups is 1. The van der Waals surface area contributed by atoms with Crippen molar-refractivity contribution in [1.29, 1.82) is 0 Å². The molecule has 1 aliphatic heterocycles. The van der Waals surface area contributed by atoms with Crippen molar-refractivity contribution in [2.45, 2.75) is 19.4 Å². The molecule has 0 aliphatic carbocycles. The van der Waals surface area contributed by atoms with Gasteiger partial charge in [-0.3, -0.25) is 4.79 Å². The third kappa shape index (κ3) is 3.67.